The van der Waals surface area contributed by atoms with Crippen LogP contribution in [-0.4, -0.2) is 35.9 Å². The SMILES string of the molecule is CCOC(=O)c1cc(C(C)=O)c(-c2cccc([N+](=O)[O-])c2)c(C(=O)OCC)c1. The van der Waals surface area contributed by atoms with Crippen LogP contribution in [0.1, 0.15) is 51.8 Å². The molecule has 0 aromatic heterocycles. The number of benzene rings is 2. The largest absolute Gasteiger partial charge is 0.462 e. The number of Topliss-reactive ketones (excluding diaryl/α,β-unsaturated/α-hetero) is 1. The third-order valence-electron chi connectivity index (χ3n) is 3.87. The number of rotatable bonds is 7. The van der Waals surface area contributed by atoms with Gasteiger partial charge in [-0.2, -0.15) is 0 Å². The maximum Gasteiger partial charge on any atom is 0.338 e. The molecule has 2 aromatic rings. The first-order valence-corrected chi connectivity index (χ1v) is 8.58. The molecule has 8 heteroatoms. The third kappa shape index (κ3) is 4.40. The Bertz CT molecular complexity index is 950. The zero-order valence-electron chi connectivity index (χ0n) is 15.7. The molecule has 0 unspecified atom stereocenters. The monoisotopic (exact) mass is 385 g/mol. The number of non-ortho nitro benzene ring substituents is 1. The van der Waals surface area contributed by atoms with E-state index in [-0.39, 0.29) is 46.7 Å². The molecular weight excluding hydrogens is 366 g/mol. The molecule has 0 aliphatic rings. The standard InChI is InChI=1S/C20H19NO7/c1-4-27-19(23)14-10-16(12(3)22)18(17(11-14)20(24)28-5-2)13-7-6-8-15(9-13)21(25)26/h6-11H,4-5H2,1-3H3. The highest BCUT2D eigenvalue weighted by atomic mass is 16.6. The summed E-state index contributed by atoms with van der Waals surface area (Å²) in [5, 5.41) is 11.1. The number of nitro groups is 1. The van der Waals surface area contributed by atoms with Crippen molar-refractivity contribution >= 4 is 23.4 Å². The number of carbonyl (C=O) groups excluding carboxylic acids is 3. The van der Waals surface area contributed by atoms with E-state index in [2.05, 4.69) is 0 Å². The lowest BCUT2D eigenvalue weighted by Crippen LogP contribution is -2.14. The summed E-state index contributed by atoms with van der Waals surface area (Å²) < 4.78 is 10.0. The van der Waals surface area contributed by atoms with Crippen LogP contribution in [0.2, 0.25) is 0 Å². The van der Waals surface area contributed by atoms with Gasteiger partial charge < -0.3 is 9.47 Å². The van der Waals surface area contributed by atoms with E-state index in [0.29, 0.717) is 0 Å². The van der Waals surface area contributed by atoms with Crippen LogP contribution in [0.4, 0.5) is 5.69 Å². The van der Waals surface area contributed by atoms with Crippen LogP contribution >= 0.6 is 0 Å². The van der Waals surface area contributed by atoms with E-state index >= 15 is 0 Å². The molecule has 0 aliphatic carbocycles. The van der Waals surface area contributed by atoms with Gasteiger partial charge in [-0.05, 0) is 38.5 Å². The summed E-state index contributed by atoms with van der Waals surface area (Å²) >= 11 is 0. The normalized spacial score (nSPS) is 10.2. The van der Waals surface area contributed by atoms with E-state index in [1.165, 1.54) is 37.3 Å². The molecule has 0 saturated carbocycles. The first kappa shape index (κ1) is 20.8. The van der Waals surface area contributed by atoms with E-state index in [4.69, 9.17) is 9.47 Å². The summed E-state index contributed by atoms with van der Waals surface area (Å²) in [7, 11) is 0. The smallest absolute Gasteiger partial charge is 0.338 e. The number of ketones is 1. The molecule has 146 valence electrons. The lowest BCUT2D eigenvalue weighted by atomic mass is 9.90. The summed E-state index contributed by atoms with van der Waals surface area (Å²) in [6, 6.07) is 8.14. The van der Waals surface area contributed by atoms with Crippen LogP contribution < -0.4 is 0 Å². The molecule has 0 heterocycles. The highest BCUT2D eigenvalue weighted by Gasteiger charge is 2.24. The molecule has 0 saturated heterocycles. The Morgan fingerprint density at radius 2 is 1.57 bits per heavy atom. The average molecular weight is 385 g/mol. The quantitative estimate of drug-likeness (QED) is 0.308. The molecule has 0 fully saturated rings. The van der Waals surface area contributed by atoms with Gasteiger partial charge in [0.2, 0.25) is 0 Å². The summed E-state index contributed by atoms with van der Waals surface area (Å²) in [6.07, 6.45) is 0. The van der Waals surface area contributed by atoms with Gasteiger partial charge in [0, 0.05) is 23.3 Å². The van der Waals surface area contributed by atoms with Gasteiger partial charge >= 0.3 is 11.9 Å². The molecule has 8 nitrogen and oxygen atoms in total. The number of carbonyl (C=O) groups is 3. The zero-order valence-corrected chi connectivity index (χ0v) is 15.7. The predicted octanol–water partition coefficient (Wildman–Crippen LogP) is 3.82. The van der Waals surface area contributed by atoms with Gasteiger partial charge in [0.25, 0.3) is 5.69 Å². The van der Waals surface area contributed by atoms with Crippen molar-refractivity contribution in [3.8, 4) is 11.1 Å². The van der Waals surface area contributed by atoms with Crippen molar-refractivity contribution < 1.29 is 28.8 Å². The Kier molecular flexibility index (Phi) is 6.59. The summed E-state index contributed by atoms with van der Waals surface area (Å²) in [6.45, 7) is 4.72. The Labute approximate surface area is 161 Å². The minimum absolute atomic E-state index is 0.0179. The first-order valence-electron chi connectivity index (χ1n) is 8.58. The highest BCUT2D eigenvalue weighted by molar-refractivity contribution is 6.10. The number of esters is 2. The molecular formula is C20H19NO7. The van der Waals surface area contributed by atoms with Gasteiger partial charge in [-0.15, -0.1) is 0 Å². The molecule has 2 aromatic carbocycles. The molecule has 0 atom stereocenters. The molecule has 0 aliphatic heterocycles. The lowest BCUT2D eigenvalue weighted by molar-refractivity contribution is -0.384. The van der Waals surface area contributed by atoms with Crippen molar-refractivity contribution in [2.24, 2.45) is 0 Å². The second-order valence-corrected chi connectivity index (χ2v) is 5.75. The molecule has 0 radical (unpaired) electrons. The number of hydrogen-bond donors (Lipinski definition) is 0. The lowest BCUT2D eigenvalue weighted by Gasteiger charge is -2.15. The topological polar surface area (TPSA) is 113 Å². The molecule has 2 rings (SSSR count). The van der Waals surface area contributed by atoms with E-state index in [9.17, 15) is 24.5 Å². The van der Waals surface area contributed by atoms with Crippen LogP contribution in [0.3, 0.4) is 0 Å². The minimum atomic E-state index is -0.752. The van der Waals surface area contributed by atoms with Crippen LogP contribution in [0.15, 0.2) is 36.4 Å². The average Bonchev–Trinajstić information content (AvgIpc) is 2.67. The Balaban J connectivity index is 2.82. The number of nitrogens with zero attached hydrogens (tertiary/aromatic N) is 1. The fraction of sp³-hybridized carbons (Fsp3) is 0.250. The molecule has 0 amide bonds. The Morgan fingerprint density at radius 1 is 0.964 bits per heavy atom. The van der Waals surface area contributed by atoms with Gasteiger partial charge in [-0.1, -0.05) is 12.1 Å². The van der Waals surface area contributed by atoms with Gasteiger partial charge in [0.1, 0.15) is 0 Å². The zero-order chi connectivity index (χ0) is 20.8. The summed E-state index contributed by atoms with van der Waals surface area (Å²) in [4.78, 5) is 47.5. The number of hydrogen-bond acceptors (Lipinski definition) is 7. The predicted molar refractivity (Wildman–Crippen MR) is 100 cm³/mol. The number of nitro benzene ring substituents is 1. The molecule has 0 spiro atoms. The van der Waals surface area contributed by atoms with E-state index < -0.39 is 22.6 Å². The highest BCUT2D eigenvalue weighted by Crippen LogP contribution is 2.33. The van der Waals surface area contributed by atoms with E-state index in [1.54, 1.807) is 19.9 Å². The van der Waals surface area contributed by atoms with Gasteiger partial charge in [0.15, 0.2) is 5.78 Å². The van der Waals surface area contributed by atoms with E-state index in [1.807, 2.05) is 0 Å². The molecule has 28 heavy (non-hydrogen) atoms. The van der Waals surface area contributed by atoms with Crippen molar-refractivity contribution in [1.29, 1.82) is 0 Å². The minimum Gasteiger partial charge on any atom is -0.462 e. The maximum atomic E-state index is 12.5. The van der Waals surface area contributed by atoms with Gasteiger partial charge in [-0.3, -0.25) is 14.9 Å². The van der Waals surface area contributed by atoms with Crippen molar-refractivity contribution in [3.05, 3.63) is 63.2 Å². The van der Waals surface area contributed by atoms with Gasteiger partial charge in [-0.25, -0.2) is 9.59 Å². The van der Waals surface area contributed by atoms with Crippen LogP contribution in [0.25, 0.3) is 11.1 Å². The maximum absolute atomic E-state index is 12.5. The summed E-state index contributed by atoms with van der Waals surface area (Å²) in [5.41, 5.74) is 0.299. The third-order valence-corrected chi connectivity index (χ3v) is 3.87. The number of ether oxygens (including phenoxy) is 2. The molecule has 0 bridgehead atoms. The Morgan fingerprint density at radius 3 is 2.14 bits per heavy atom. The summed E-state index contributed by atoms with van der Waals surface area (Å²) in [5.74, 6) is -1.86. The van der Waals surface area contributed by atoms with Crippen molar-refractivity contribution in [2.75, 3.05) is 13.2 Å². The van der Waals surface area contributed by atoms with Gasteiger partial charge in [0.05, 0.1) is 29.3 Å². The first-order chi connectivity index (χ1) is 13.3. The Hall–Kier alpha value is -3.55. The van der Waals surface area contributed by atoms with E-state index in [0.717, 1.165) is 0 Å². The fourth-order valence-corrected chi connectivity index (χ4v) is 2.71. The van der Waals surface area contributed by atoms with Crippen molar-refractivity contribution in [2.45, 2.75) is 20.8 Å². The fourth-order valence-electron chi connectivity index (χ4n) is 2.71. The molecule has 0 N–H and O–H groups in total. The van der Waals surface area contributed by atoms with Crippen molar-refractivity contribution in [1.82, 2.24) is 0 Å². The van der Waals surface area contributed by atoms with Crippen LogP contribution in [0, 0.1) is 10.1 Å². The second kappa shape index (κ2) is 8.90. The van der Waals surface area contributed by atoms with Crippen molar-refractivity contribution in [3.63, 3.8) is 0 Å². The second-order valence-electron chi connectivity index (χ2n) is 5.75. The van der Waals surface area contributed by atoms with Crippen LogP contribution in [0.5, 0.6) is 0 Å². The van der Waals surface area contributed by atoms with Crippen LogP contribution in [-0.2, 0) is 9.47 Å².